The van der Waals surface area contributed by atoms with Gasteiger partial charge in [-0.3, -0.25) is 9.78 Å². The Morgan fingerprint density at radius 1 is 1.47 bits per heavy atom. The molecule has 1 heterocycles. The van der Waals surface area contributed by atoms with Crippen molar-refractivity contribution >= 4 is 11.9 Å². The molecule has 104 valence electrons. The largest absolute Gasteiger partial charge is 0.479 e. The lowest BCUT2D eigenvalue weighted by atomic mass is 9.90. The number of hydrogen-bond donors (Lipinski definition) is 1. The third-order valence-electron chi connectivity index (χ3n) is 3.05. The Morgan fingerprint density at radius 2 is 2.11 bits per heavy atom. The van der Waals surface area contributed by atoms with Crippen molar-refractivity contribution in [2.75, 3.05) is 6.54 Å². The fourth-order valence-corrected chi connectivity index (χ4v) is 1.99. The Bertz CT molecular complexity index is 493. The molecule has 0 saturated carbocycles. The average Bonchev–Trinajstić information content (AvgIpc) is 2.34. The molecular formula is C13H17FN2O3. The van der Waals surface area contributed by atoms with Crippen molar-refractivity contribution in [2.24, 2.45) is 0 Å². The normalized spacial score (nSPS) is 13.7. The molecule has 0 aliphatic heterocycles. The molecular weight excluding hydrogens is 251 g/mol. The van der Waals surface area contributed by atoms with Crippen LogP contribution in [0.25, 0.3) is 0 Å². The number of aliphatic carboxylic acids is 1. The lowest BCUT2D eigenvalue weighted by Gasteiger charge is -2.37. The molecule has 1 rings (SSSR count). The molecule has 1 atom stereocenters. The van der Waals surface area contributed by atoms with Crippen LogP contribution in [0.5, 0.6) is 0 Å². The first-order valence-corrected chi connectivity index (χ1v) is 5.96. The Morgan fingerprint density at radius 3 is 2.53 bits per heavy atom. The maximum Gasteiger partial charge on any atom is 0.334 e. The van der Waals surface area contributed by atoms with Crippen LogP contribution >= 0.6 is 0 Å². The first kappa shape index (κ1) is 15.1. The van der Waals surface area contributed by atoms with Crippen molar-refractivity contribution in [1.29, 1.82) is 0 Å². The van der Waals surface area contributed by atoms with Crippen molar-refractivity contribution in [2.45, 2.75) is 32.7 Å². The van der Waals surface area contributed by atoms with Crippen molar-refractivity contribution in [3.63, 3.8) is 0 Å². The van der Waals surface area contributed by atoms with Crippen LogP contribution in [0, 0.1) is 5.82 Å². The molecule has 1 aromatic rings. The first-order chi connectivity index (χ1) is 8.83. The van der Waals surface area contributed by atoms with Crippen molar-refractivity contribution < 1.29 is 19.1 Å². The number of carbonyl (C=O) groups is 2. The van der Waals surface area contributed by atoms with E-state index in [9.17, 15) is 19.1 Å². The molecule has 0 aliphatic carbocycles. The quantitative estimate of drug-likeness (QED) is 0.883. The molecule has 1 amide bonds. The summed E-state index contributed by atoms with van der Waals surface area (Å²) >= 11 is 0. The van der Waals surface area contributed by atoms with Gasteiger partial charge in [0.1, 0.15) is 5.82 Å². The molecule has 0 saturated heterocycles. The third-order valence-corrected chi connectivity index (χ3v) is 3.05. The van der Waals surface area contributed by atoms with Gasteiger partial charge < -0.3 is 10.0 Å². The second-order valence-corrected chi connectivity index (χ2v) is 4.44. The van der Waals surface area contributed by atoms with Gasteiger partial charge in [0, 0.05) is 25.2 Å². The van der Waals surface area contributed by atoms with E-state index in [-0.39, 0.29) is 18.0 Å². The number of pyridine rings is 1. The van der Waals surface area contributed by atoms with Gasteiger partial charge in [0.05, 0.1) is 6.20 Å². The van der Waals surface area contributed by atoms with Gasteiger partial charge >= 0.3 is 5.97 Å². The highest BCUT2D eigenvalue weighted by Gasteiger charge is 2.43. The summed E-state index contributed by atoms with van der Waals surface area (Å²) in [6, 6.07) is 1.09. The first-order valence-electron chi connectivity index (χ1n) is 5.96. The van der Waals surface area contributed by atoms with Crippen LogP contribution in [-0.4, -0.2) is 33.4 Å². The minimum absolute atomic E-state index is 0.142. The molecule has 5 nitrogen and oxygen atoms in total. The molecule has 19 heavy (non-hydrogen) atoms. The summed E-state index contributed by atoms with van der Waals surface area (Å²) in [4.78, 5) is 28.2. The molecule has 0 aromatic carbocycles. The van der Waals surface area contributed by atoms with Gasteiger partial charge in [-0.05, 0) is 19.4 Å². The molecule has 1 N–H and O–H groups in total. The SMILES string of the molecule is CCCN(C(C)=O)C(C)(C(=O)O)c1cncc(F)c1. The minimum Gasteiger partial charge on any atom is -0.479 e. The number of halogens is 1. The number of hydrogen-bond acceptors (Lipinski definition) is 3. The number of carboxylic acid groups (broad SMARTS) is 1. The highest BCUT2D eigenvalue weighted by Crippen LogP contribution is 2.29. The summed E-state index contributed by atoms with van der Waals surface area (Å²) in [5.41, 5.74) is -1.49. The Kier molecular flexibility index (Phi) is 4.58. The fraction of sp³-hybridized carbons (Fsp3) is 0.462. The van der Waals surface area contributed by atoms with Gasteiger partial charge in [0.15, 0.2) is 5.54 Å². The molecule has 0 aliphatic rings. The Balaban J connectivity index is 3.37. The van der Waals surface area contributed by atoms with E-state index in [1.54, 1.807) is 0 Å². The molecule has 1 aromatic heterocycles. The number of amides is 1. The Labute approximate surface area is 111 Å². The summed E-state index contributed by atoms with van der Waals surface area (Å²) in [7, 11) is 0. The van der Waals surface area contributed by atoms with E-state index in [1.807, 2.05) is 6.92 Å². The summed E-state index contributed by atoms with van der Waals surface area (Å²) in [5.74, 6) is -2.23. The van der Waals surface area contributed by atoms with E-state index in [2.05, 4.69) is 4.98 Å². The number of aromatic nitrogens is 1. The highest BCUT2D eigenvalue weighted by atomic mass is 19.1. The Hall–Kier alpha value is -1.98. The number of rotatable bonds is 5. The van der Waals surface area contributed by atoms with Crippen molar-refractivity contribution in [1.82, 2.24) is 9.88 Å². The summed E-state index contributed by atoms with van der Waals surface area (Å²) in [6.45, 7) is 4.78. The maximum atomic E-state index is 13.3. The van der Waals surface area contributed by atoms with Crippen LogP contribution in [0.4, 0.5) is 4.39 Å². The van der Waals surface area contributed by atoms with Gasteiger partial charge in [0.25, 0.3) is 0 Å². The van der Waals surface area contributed by atoms with E-state index in [0.717, 1.165) is 12.3 Å². The van der Waals surface area contributed by atoms with Crippen LogP contribution in [0.3, 0.4) is 0 Å². The maximum absolute atomic E-state index is 13.3. The fourth-order valence-electron chi connectivity index (χ4n) is 1.99. The van der Waals surface area contributed by atoms with E-state index in [1.165, 1.54) is 24.9 Å². The van der Waals surface area contributed by atoms with Gasteiger partial charge in [-0.2, -0.15) is 0 Å². The van der Waals surface area contributed by atoms with Crippen LogP contribution in [0.2, 0.25) is 0 Å². The van der Waals surface area contributed by atoms with E-state index in [4.69, 9.17) is 0 Å². The smallest absolute Gasteiger partial charge is 0.334 e. The highest BCUT2D eigenvalue weighted by molar-refractivity contribution is 5.86. The van der Waals surface area contributed by atoms with Crippen LogP contribution in [0.1, 0.15) is 32.8 Å². The van der Waals surface area contributed by atoms with Crippen molar-refractivity contribution in [3.8, 4) is 0 Å². The van der Waals surface area contributed by atoms with E-state index < -0.39 is 17.3 Å². The summed E-state index contributed by atoms with van der Waals surface area (Å²) in [5, 5.41) is 9.48. The summed E-state index contributed by atoms with van der Waals surface area (Å²) in [6.07, 6.45) is 2.86. The van der Waals surface area contributed by atoms with E-state index in [0.29, 0.717) is 6.42 Å². The number of carboxylic acids is 1. The molecule has 0 bridgehead atoms. The van der Waals surface area contributed by atoms with E-state index >= 15 is 0 Å². The number of nitrogens with zero attached hydrogens (tertiary/aromatic N) is 2. The minimum atomic E-state index is -1.63. The predicted molar refractivity (Wildman–Crippen MR) is 66.9 cm³/mol. The van der Waals surface area contributed by atoms with Gasteiger partial charge in [-0.25, -0.2) is 9.18 Å². The zero-order valence-electron chi connectivity index (χ0n) is 11.2. The zero-order valence-corrected chi connectivity index (χ0v) is 11.2. The van der Waals surface area contributed by atoms with Crippen molar-refractivity contribution in [3.05, 3.63) is 29.8 Å². The lowest BCUT2D eigenvalue weighted by molar-refractivity contribution is -0.158. The van der Waals surface area contributed by atoms with Crippen LogP contribution in [-0.2, 0) is 15.1 Å². The standard InChI is InChI=1S/C13H17FN2O3/c1-4-5-16(9(2)17)13(3,12(18)19)10-6-11(14)8-15-7-10/h6-8H,4-5H2,1-3H3,(H,18,19). The lowest BCUT2D eigenvalue weighted by Crippen LogP contribution is -2.52. The molecule has 0 spiro atoms. The van der Waals surface area contributed by atoms with Crippen LogP contribution in [0.15, 0.2) is 18.5 Å². The molecule has 6 heteroatoms. The predicted octanol–water partition coefficient (Wildman–Crippen LogP) is 1.78. The number of carbonyl (C=O) groups excluding carboxylic acids is 1. The zero-order chi connectivity index (χ0) is 14.6. The topological polar surface area (TPSA) is 70.5 Å². The molecule has 0 radical (unpaired) electrons. The molecule has 1 unspecified atom stereocenters. The average molecular weight is 268 g/mol. The van der Waals surface area contributed by atoms with Gasteiger partial charge in [-0.1, -0.05) is 6.92 Å². The second-order valence-electron chi connectivity index (χ2n) is 4.44. The molecule has 0 fully saturated rings. The second kappa shape index (κ2) is 5.77. The third kappa shape index (κ3) is 2.89. The van der Waals surface area contributed by atoms with Gasteiger partial charge in [0.2, 0.25) is 5.91 Å². The monoisotopic (exact) mass is 268 g/mol. The van der Waals surface area contributed by atoms with Gasteiger partial charge in [-0.15, -0.1) is 0 Å². The van der Waals surface area contributed by atoms with Crippen LogP contribution < -0.4 is 0 Å². The summed E-state index contributed by atoms with van der Waals surface area (Å²) < 4.78 is 13.3.